The molecule has 1 aromatic heterocycles. The number of rotatable bonds is 11. The summed E-state index contributed by atoms with van der Waals surface area (Å²) in [7, 11) is 0. The molecule has 2 amide bonds. The lowest BCUT2D eigenvalue weighted by molar-refractivity contribution is -0.123. The second-order valence-corrected chi connectivity index (χ2v) is 12.7. The Morgan fingerprint density at radius 1 is 1.04 bits per heavy atom. The van der Waals surface area contributed by atoms with Crippen LogP contribution in [0.5, 0.6) is 0 Å². The van der Waals surface area contributed by atoms with Crippen LogP contribution in [0.25, 0.3) is 0 Å². The number of aliphatic hydroxyl groups is 1. The molecule has 1 unspecified atom stereocenters. The normalized spacial score (nSPS) is 18.6. The number of primary amides is 1. The van der Waals surface area contributed by atoms with E-state index in [-0.39, 0.29) is 17.4 Å². The number of piperazine rings is 1. The Labute approximate surface area is 271 Å². The van der Waals surface area contributed by atoms with E-state index >= 15 is 0 Å². The van der Waals surface area contributed by atoms with Gasteiger partial charge in [-0.25, -0.2) is 0 Å². The molecule has 1 aliphatic heterocycles. The molecule has 1 saturated heterocycles. The number of aliphatic hydroxyl groups excluding tert-OH is 1. The van der Waals surface area contributed by atoms with Crippen LogP contribution in [0.3, 0.4) is 0 Å². The fourth-order valence-corrected chi connectivity index (χ4v) is 5.41. The van der Waals surface area contributed by atoms with E-state index in [2.05, 4.69) is 51.8 Å². The summed E-state index contributed by atoms with van der Waals surface area (Å²) in [5, 5.41) is 13.1. The first kappa shape index (κ1) is 37.6. The van der Waals surface area contributed by atoms with Crippen molar-refractivity contribution in [3.63, 3.8) is 0 Å². The lowest BCUT2D eigenvalue weighted by Crippen LogP contribution is -2.48. The number of nitrogens with one attached hydrogen (secondary N) is 1. The monoisotopic (exact) mass is 617 g/mol. The van der Waals surface area contributed by atoms with E-state index in [0.717, 1.165) is 38.3 Å². The first-order valence-corrected chi connectivity index (χ1v) is 16.1. The highest BCUT2D eigenvalue weighted by Crippen LogP contribution is 2.29. The van der Waals surface area contributed by atoms with Gasteiger partial charge in [0.05, 0.1) is 6.10 Å². The number of hydrogen-bond acceptors (Lipinski definition) is 6. The van der Waals surface area contributed by atoms with Gasteiger partial charge in [0.1, 0.15) is 0 Å². The summed E-state index contributed by atoms with van der Waals surface area (Å²) < 4.78 is 0. The molecule has 8 nitrogen and oxygen atoms in total. The van der Waals surface area contributed by atoms with E-state index in [4.69, 9.17) is 5.73 Å². The Morgan fingerprint density at radius 2 is 1.69 bits per heavy atom. The number of carbonyl (C=O) groups is 2. The number of benzene rings is 1. The van der Waals surface area contributed by atoms with Crippen LogP contribution in [0.15, 0.2) is 90.8 Å². The molecule has 1 aliphatic carbocycles. The van der Waals surface area contributed by atoms with Gasteiger partial charge in [0.2, 0.25) is 12.3 Å². The molecule has 2 heterocycles. The highest BCUT2D eigenvalue weighted by Gasteiger charge is 2.24. The van der Waals surface area contributed by atoms with Gasteiger partial charge in [-0.1, -0.05) is 61.2 Å². The Morgan fingerprint density at radius 3 is 2.22 bits per heavy atom. The van der Waals surface area contributed by atoms with Crippen molar-refractivity contribution in [2.24, 2.45) is 11.7 Å². The van der Waals surface area contributed by atoms with Crippen molar-refractivity contribution in [3.05, 3.63) is 102 Å². The van der Waals surface area contributed by atoms with Crippen LogP contribution >= 0.6 is 0 Å². The number of carbonyl (C=O) groups excluding carboxylic acids is 2. The summed E-state index contributed by atoms with van der Waals surface area (Å²) in [5.74, 6) is -0.687. The summed E-state index contributed by atoms with van der Waals surface area (Å²) in [6.45, 7) is 16.8. The van der Waals surface area contributed by atoms with Crippen molar-refractivity contribution >= 4 is 12.3 Å². The van der Waals surface area contributed by atoms with Crippen molar-refractivity contribution in [3.8, 4) is 0 Å². The van der Waals surface area contributed by atoms with Crippen LogP contribution < -0.4 is 11.1 Å². The number of pyridine rings is 1. The van der Waals surface area contributed by atoms with Crippen molar-refractivity contribution < 1.29 is 14.7 Å². The molecule has 2 aromatic rings. The zero-order valence-corrected chi connectivity index (χ0v) is 27.8. The van der Waals surface area contributed by atoms with Crippen molar-refractivity contribution in [1.82, 2.24) is 20.1 Å². The Hall–Kier alpha value is -3.59. The maximum atomic E-state index is 11.8. The molecule has 1 aromatic carbocycles. The average molecular weight is 618 g/mol. The Balaban J connectivity index is 0.000000339. The van der Waals surface area contributed by atoms with Gasteiger partial charge in [-0.3, -0.25) is 24.4 Å². The quantitative estimate of drug-likeness (QED) is 0.304. The molecule has 2 aliphatic rings. The summed E-state index contributed by atoms with van der Waals surface area (Å²) in [6, 6.07) is 13.9. The summed E-state index contributed by atoms with van der Waals surface area (Å²) in [6.07, 6.45) is 14.9. The number of nitrogens with zero attached hydrogens (tertiary/aromatic N) is 3. The van der Waals surface area contributed by atoms with E-state index in [1.807, 2.05) is 69.4 Å². The van der Waals surface area contributed by atoms with Gasteiger partial charge in [0.25, 0.3) is 0 Å². The van der Waals surface area contributed by atoms with Crippen LogP contribution in [0.1, 0.15) is 64.5 Å². The third-order valence-corrected chi connectivity index (χ3v) is 7.81. The predicted molar refractivity (Wildman–Crippen MR) is 184 cm³/mol. The van der Waals surface area contributed by atoms with Gasteiger partial charge in [-0.05, 0) is 88.1 Å². The maximum absolute atomic E-state index is 11.8. The van der Waals surface area contributed by atoms with Gasteiger partial charge >= 0.3 is 0 Å². The molecule has 246 valence electrons. The zero-order valence-electron chi connectivity index (χ0n) is 27.8. The van der Waals surface area contributed by atoms with E-state index in [9.17, 15) is 14.7 Å². The average Bonchev–Trinajstić information content (AvgIpc) is 3.46. The fraction of sp³-hybridized carbons (Fsp3) is 0.486. The second kappa shape index (κ2) is 20.4. The van der Waals surface area contributed by atoms with Crippen molar-refractivity contribution in [2.45, 2.75) is 78.0 Å². The van der Waals surface area contributed by atoms with Gasteiger partial charge in [0, 0.05) is 63.1 Å². The highest BCUT2D eigenvalue weighted by atomic mass is 16.3. The first-order chi connectivity index (χ1) is 21.5. The second-order valence-electron chi connectivity index (χ2n) is 12.7. The lowest BCUT2D eigenvalue weighted by Gasteiger charge is -2.35. The molecule has 8 heteroatoms. The van der Waals surface area contributed by atoms with E-state index < -0.39 is 6.10 Å². The third kappa shape index (κ3) is 15.8. The molecular formula is C37H55N5O3. The predicted octanol–water partition coefficient (Wildman–Crippen LogP) is 5.05. The molecule has 4 rings (SSSR count). The smallest absolute Gasteiger partial charge is 0.220 e. The van der Waals surface area contributed by atoms with Gasteiger partial charge in [-0.15, -0.1) is 0 Å². The van der Waals surface area contributed by atoms with Gasteiger partial charge in [-0.2, -0.15) is 0 Å². The standard InChI is InChI=1S/C22H30N4O2.C10H14.C5H11NO/c23-22(28)20(13-18-5-2-1-3-6-18)14-21(27)17-26-11-9-25(10-12-26)16-19-7-4-8-24-15-19;1-3-6-10-8-5-7-9(10)4-2;1-5(2,3)6-4-7/h1-8,15,20-21,27H,9-14,16-17H2,(H2,23,28);3-4,6H,1,5,7-8H2,2H3;4H,1-3H3,(H,6,7)/b;9-4-,10-6-;/t20-,21?;;/m1../s1. The fourth-order valence-electron chi connectivity index (χ4n) is 5.41. The van der Waals surface area contributed by atoms with Crippen LogP contribution in [0.2, 0.25) is 0 Å². The van der Waals surface area contributed by atoms with Gasteiger partial charge < -0.3 is 16.2 Å². The zero-order chi connectivity index (χ0) is 33.1. The molecular weight excluding hydrogens is 562 g/mol. The minimum atomic E-state index is -0.550. The Kier molecular flexibility index (Phi) is 17.1. The van der Waals surface area contributed by atoms with Crippen LogP contribution in [-0.2, 0) is 22.6 Å². The van der Waals surface area contributed by atoms with Crippen LogP contribution in [-0.4, -0.2) is 76.6 Å². The molecule has 45 heavy (non-hydrogen) atoms. The molecule has 2 atom stereocenters. The van der Waals surface area contributed by atoms with Crippen LogP contribution in [0.4, 0.5) is 0 Å². The Bertz CT molecular complexity index is 1200. The van der Waals surface area contributed by atoms with Crippen molar-refractivity contribution in [2.75, 3.05) is 32.7 Å². The minimum Gasteiger partial charge on any atom is -0.392 e. The summed E-state index contributed by atoms with van der Waals surface area (Å²) in [4.78, 5) is 30.4. The van der Waals surface area contributed by atoms with Gasteiger partial charge in [0.15, 0.2) is 0 Å². The maximum Gasteiger partial charge on any atom is 0.220 e. The first-order valence-electron chi connectivity index (χ1n) is 16.1. The number of aromatic nitrogens is 1. The van der Waals surface area contributed by atoms with Crippen molar-refractivity contribution in [1.29, 1.82) is 0 Å². The largest absolute Gasteiger partial charge is 0.392 e. The number of allylic oxidation sites excluding steroid dienone is 5. The molecule has 0 bridgehead atoms. The van der Waals surface area contributed by atoms with E-state index in [1.165, 1.54) is 36.0 Å². The topological polar surface area (TPSA) is 112 Å². The van der Waals surface area contributed by atoms with E-state index in [0.29, 0.717) is 25.8 Å². The summed E-state index contributed by atoms with van der Waals surface area (Å²) in [5.41, 5.74) is 10.8. The van der Waals surface area contributed by atoms with E-state index in [1.54, 1.807) is 6.20 Å². The SMILES string of the molecule is C=C/C=C1/CCC/C1=C/C.CC(C)(C)NC=O.NC(=O)[C@H](Cc1ccccc1)CC(O)CN1CCN(Cc2cccnc2)CC1. The molecule has 2 fully saturated rings. The van der Waals surface area contributed by atoms with Crippen LogP contribution in [0, 0.1) is 5.92 Å². The number of amides is 2. The molecule has 1 saturated carbocycles. The molecule has 0 spiro atoms. The molecule has 0 radical (unpaired) electrons. The lowest BCUT2D eigenvalue weighted by atomic mass is 9.93. The number of nitrogens with two attached hydrogens (primary N) is 1. The number of hydrogen-bond donors (Lipinski definition) is 3. The third-order valence-electron chi connectivity index (χ3n) is 7.81. The summed E-state index contributed by atoms with van der Waals surface area (Å²) >= 11 is 0. The molecule has 4 N–H and O–H groups in total. The minimum absolute atomic E-state index is 0.0677. The highest BCUT2D eigenvalue weighted by molar-refractivity contribution is 5.77. The number of β-amino-alcohol motifs (C(OH)–C–C–N with tert-alkyl or cyclic N) is 1.